The van der Waals surface area contributed by atoms with Crippen molar-refractivity contribution in [1.29, 1.82) is 0 Å². The van der Waals surface area contributed by atoms with Gasteiger partial charge in [0.25, 0.3) is 0 Å². The summed E-state index contributed by atoms with van der Waals surface area (Å²) in [6, 6.07) is 1.40. The Bertz CT molecular complexity index is 652. The Kier molecular flexibility index (Phi) is 5.37. The Balaban J connectivity index is 2.17. The molecule has 1 aliphatic heterocycles. The van der Waals surface area contributed by atoms with Crippen molar-refractivity contribution in [2.45, 2.75) is 24.7 Å². The summed E-state index contributed by atoms with van der Waals surface area (Å²) >= 11 is 0.363. The molecule has 0 aliphatic carbocycles. The maximum atomic E-state index is 14.0. The fourth-order valence-electron chi connectivity index (χ4n) is 1.99. The molecule has 1 aliphatic rings. The molecule has 3 unspecified atom stereocenters. The van der Waals surface area contributed by atoms with Gasteiger partial charge in [-0.1, -0.05) is 0 Å². The molecule has 1 fully saturated rings. The number of ether oxygens (including phenoxy) is 1. The number of nitrogens with zero attached hydrogens (tertiary/aromatic N) is 2. The number of rotatable bonds is 5. The van der Waals surface area contributed by atoms with E-state index in [1.165, 1.54) is 12.3 Å². The molecule has 2 N–H and O–H groups in total. The molecule has 2 rings (SSSR count). The number of hydrogen-bond acceptors (Lipinski definition) is 6. The average Bonchev–Trinajstić information content (AvgIpc) is 2.70. The van der Waals surface area contributed by atoms with E-state index >= 15 is 0 Å². The molecule has 0 saturated carbocycles. The Hall–Kier alpha value is -0.428. The molecule has 2 heterocycles. The van der Waals surface area contributed by atoms with Crippen LogP contribution in [-0.2, 0) is 13.8 Å². The zero-order valence-corrected chi connectivity index (χ0v) is 16.9. The molecule has 0 spiro atoms. The molecule has 1 aromatic heterocycles. The molecule has 1 aromatic rings. The van der Waals surface area contributed by atoms with Crippen molar-refractivity contribution in [2.24, 2.45) is 0 Å². The Morgan fingerprint density at radius 3 is 2.95 bits per heavy atom. The molecular weight excluding hydrogens is 515 g/mol. The van der Waals surface area contributed by atoms with Gasteiger partial charge in [0.2, 0.25) is 0 Å². The van der Waals surface area contributed by atoms with Crippen LogP contribution in [0.1, 0.15) is 12.6 Å². The first-order chi connectivity index (χ1) is 10.1. The summed E-state index contributed by atoms with van der Waals surface area (Å²) in [5.74, 6) is -3.00. The van der Waals surface area contributed by atoms with Gasteiger partial charge in [-0.3, -0.25) is 0 Å². The van der Waals surface area contributed by atoms with Crippen LogP contribution in [0.25, 0.3) is 0 Å². The summed E-state index contributed by atoms with van der Waals surface area (Å²) in [6.45, 7) is 0.492. The van der Waals surface area contributed by atoms with E-state index in [0.717, 1.165) is 6.66 Å². The van der Waals surface area contributed by atoms with Crippen LogP contribution in [0.2, 0.25) is 0 Å². The van der Waals surface area contributed by atoms with Crippen LogP contribution in [0.4, 0.5) is 14.6 Å². The third-order valence-electron chi connectivity index (χ3n) is 2.91. The van der Waals surface area contributed by atoms with Crippen LogP contribution < -0.4 is 8.82 Å². The first kappa shape index (κ1) is 17.9. The van der Waals surface area contributed by atoms with Gasteiger partial charge in [-0.15, -0.1) is 0 Å². The summed E-state index contributed by atoms with van der Waals surface area (Å²) in [5.41, 5.74) is -0.861. The standard InChI is InChI=1S/C10H14F2N3O5P.Tl/c1-21(17,18)19-5-6-4-10(11,12)8(20-6)15-3-2-7(13)14-9(15)16;/h2-3,6,8H,4-5H2,1H3,(H3,13,14,16,17,18);/q;+1/p-1. The van der Waals surface area contributed by atoms with E-state index in [4.69, 9.17) is 9.63 Å². The van der Waals surface area contributed by atoms with Crippen molar-refractivity contribution < 1.29 is 27.5 Å². The fraction of sp³-hybridized carbons (Fsp3) is 0.600. The maximum absolute atomic E-state index is 14.0. The number of nitrogens with one attached hydrogen (secondary N) is 1. The van der Waals surface area contributed by atoms with E-state index in [-0.39, 0.29) is 0 Å². The molecule has 0 aromatic carbocycles. The van der Waals surface area contributed by atoms with Gasteiger partial charge < -0.3 is 0 Å². The Morgan fingerprint density at radius 2 is 2.41 bits per heavy atom. The molecule has 0 amide bonds. The zero-order chi connectivity index (χ0) is 16.5. The van der Waals surface area contributed by atoms with Gasteiger partial charge in [-0.05, 0) is 0 Å². The van der Waals surface area contributed by atoms with Gasteiger partial charge in [0, 0.05) is 0 Å². The second-order valence-electron chi connectivity index (χ2n) is 4.82. The molecule has 3 atom stereocenters. The molecule has 0 radical (unpaired) electrons. The van der Waals surface area contributed by atoms with E-state index in [1.807, 2.05) is 0 Å². The third-order valence-corrected chi connectivity index (χ3v) is 4.69. The van der Waals surface area contributed by atoms with E-state index < -0.39 is 44.6 Å². The number of hydrogen-bond donors (Lipinski definition) is 2. The van der Waals surface area contributed by atoms with Gasteiger partial charge in [-0.25, -0.2) is 0 Å². The summed E-state index contributed by atoms with van der Waals surface area (Å²) in [7, 11) is -3.78. The average molecular weight is 529 g/mol. The SMILES string of the molecule is CP(=O)(O)OCC1CC(F)(F)C(n2ccc([NH][Tl])nc2=O)O1. The van der Waals surface area contributed by atoms with Crippen molar-refractivity contribution in [3.8, 4) is 0 Å². The zero-order valence-electron chi connectivity index (χ0n) is 11.5. The molecular formula is C10H13F2N3O5PTl. The third kappa shape index (κ3) is 4.31. The van der Waals surface area contributed by atoms with E-state index in [1.54, 1.807) is 0 Å². The van der Waals surface area contributed by atoms with Gasteiger partial charge in [-0.2, -0.15) is 0 Å². The number of aromatic nitrogens is 2. The monoisotopic (exact) mass is 529 g/mol. The van der Waals surface area contributed by atoms with Gasteiger partial charge >= 0.3 is 140 Å². The predicted octanol–water partition coefficient (Wildman–Crippen LogP) is 0.493. The van der Waals surface area contributed by atoms with Gasteiger partial charge in [0.05, 0.1) is 0 Å². The second kappa shape index (κ2) is 6.59. The van der Waals surface area contributed by atoms with Gasteiger partial charge in [0.1, 0.15) is 0 Å². The molecule has 12 heteroatoms. The quantitative estimate of drug-likeness (QED) is 0.424. The number of anilines is 1. The first-order valence-corrected chi connectivity index (χ1v) is 10.4. The van der Waals surface area contributed by atoms with Crippen molar-refractivity contribution >= 4 is 39.5 Å². The first-order valence-electron chi connectivity index (χ1n) is 6.16. The normalized spacial score (nSPS) is 26.5. The topological polar surface area (TPSA) is 103 Å². The molecule has 8 nitrogen and oxygen atoms in total. The number of alkyl halides is 2. The summed E-state index contributed by atoms with van der Waals surface area (Å²) < 4.78 is 52.3. The van der Waals surface area contributed by atoms with Crippen molar-refractivity contribution in [1.82, 2.24) is 9.55 Å². The van der Waals surface area contributed by atoms with Crippen LogP contribution in [0.3, 0.4) is 0 Å². The van der Waals surface area contributed by atoms with E-state index in [0.29, 0.717) is 36.5 Å². The predicted molar refractivity (Wildman–Crippen MR) is 73.0 cm³/mol. The van der Waals surface area contributed by atoms with Crippen LogP contribution >= 0.6 is 7.60 Å². The van der Waals surface area contributed by atoms with Crippen LogP contribution in [0, 0.1) is 0 Å². The summed E-state index contributed by atoms with van der Waals surface area (Å²) in [5, 5.41) is 0. The van der Waals surface area contributed by atoms with Crippen molar-refractivity contribution in [2.75, 3.05) is 16.4 Å². The van der Waals surface area contributed by atoms with Crippen LogP contribution in [0.15, 0.2) is 17.1 Å². The minimum atomic E-state index is -3.78. The van der Waals surface area contributed by atoms with Gasteiger partial charge in [0.15, 0.2) is 0 Å². The number of halogens is 2. The van der Waals surface area contributed by atoms with Crippen molar-refractivity contribution in [3.63, 3.8) is 0 Å². The van der Waals surface area contributed by atoms with Crippen LogP contribution in [-0.4, -0.2) is 65.8 Å². The minimum absolute atomic E-state index is 0.319. The van der Waals surface area contributed by atoms with Crippen LogP contribution in [0.5, 0.6) is 0 Å². The van der Waals surface area contributed by atoms with E-state index in [2.05, 4.69) is 12.6 Å². The fourth-order valence-corrected chi connectivity index (χ4v) is 3.06. The Labute approximate surface area is 140 Å². The van der Waals surface area contributed by atoms with Crippen molar-refractivity contribution in [3.05, 3.63) is 22.7 Å². The Morgan fingerprint density at radius 1 is 1.73 bits per heavy atom. The van der Waals surface area contributed by atoms with E-state index in [9.17, 15) is 18.1 Å². The molecule has 0 bridgehead atoms. The summed E-state index contributed by atoms with van der Waals surface area (Å²) in [6.07, 6.45) is -2.45. The molecule has 1 saturated heterocycles. The second-order valence-corrected chi connectivity index (χ2v) is 7.81. The molecule has 22 heavy (non-hydrogen) atoms. The molecule has 120 valence electrons. The summed E-state index contributed by atoms with van der Waals surface area (Å²) in [4.78, 5) is 24.4.